The molecule has 2 aromatic rings. The van der Waals surface area contributed by atoms with Crippen molar-refractivity contribution in [1.29, 1.82) is 0 Å². The van der Waals surface area contributed by atoms with Crippen LogP contribution in [0.4, 0.5) is 0 Å². The Morgan fingerprint density at radius 1 is 1.47 bits per heavy atom. The third-order valence-electron chi connectivity index (χ3n) is 2.16. The molecule has 1 aromatic heterocycles. The van der Waals surface area contributed by atoms with E-state index < -0.39 is 0 Å². The number of halogens is 1. The number of benzene rings is 1. The summed E-state index contributed by atoms with van der Waals surface area (Å²) in [6.45, 7) is 0. The van der Waals surface area contributed by atoms with Crippen LogP contribution in [0.2, 0.25) is 5.02 Å². The molecule has 0 saturated carbocycles. The number of aromatic nitrogens is 2. The predicted molar refractivity (Wildman–Crippen MR) is 66.3 cm³/mol. The highest BCUT2D eigenvalue weighted by molar-refractivity contribution is 7.97. The molecule has 0 atom stereocenters. The van der Waals surface area contributed by atoms with E-state index in [1.165, 1.54) is 0 Å². The van der Waals surface area contributed by atoms with E-state index in [9.17, 15) is 0 Å². The third-order valence-corrected chi connectivity index (χ3v) is 3.09. The number of imidazole rings is 1. The molecule has 0 unspecified atom stereocenters. The Labute approximate surface area is 98.1 Å². The van der Waals surface area contributed by atoms with Gasteiger partial charge in [0.05, 0.1) is 0 Å². The molecule has 0 aliphatic carbocycles. The number of hydrogen-bond donors (Lipinski definition) is 1. The molecule has 0 saturated heterocycles. The molecule has 15 heavy (non-hydrogen) atoms. The monoisotopic (exact) mass is 238 g/mol. The van der Waals surface area contributed by atoms with Crippen LogP contribution in [0.25, 0.3) is 11.4 Å². The van der Waals surface area contributed by atoms with E-state index in [1.807, 2.05) is 24.4 Å². The lowest BCUT2D eigenvalue weighted by molar-refractivity contribution is 1.28. The van der Waals surface area contributed by atoms with Crippen LogP contribution in [0, 0.1) is 0 Å². The van der Waals surface area contributed by atoms with Gasteiger partial charge in [0, 0.05) is 28.7 Å². The van der Waals surface area contributed by atoms with Crippen molar-refractivity contribution in [2.24, 2.45) is 0 Å². The van der Waals surface area contributed by atoms with E-state index in [1.54, 1.807) is 18.0 Å². The topological polar surface area (TPSA) is 28.7 Å². The highest BCUT2D eigenvalue weighted by Gasteiger charge is 2.09. The summed E-state index contributed by atoms with van der Waals surface area (Å²) in [6.07, 6.45) is 5.63. The lowest BCUT2D eigenvalue weighted by Crippen LogP contribution is -1.90. The highest BCUT2D eigenvalue weighted by Crippen LogP contribution is 2.29. The van der Waals surface area contributed by atoms with Crippen LogP contribution in [0.5, 0.6) is 0 Å². The van der Waals surface area contributed by atoms with Crippen LogP contribution < -0.4 is 0 Å². The van der Waals surface area contributed by atoms with E-state index >= 15 is 0 Å². The number of aromatic amines is 1. The van der Waals surface area contributed by atoms with Crippen LogP contribution in [0.1, 0.15) is 5.56 Å². The summed E-state index contributed by atoms with van der Waals surface area (Å²) in [5, 5.41) is 0.804. The van der Waals surface area contributed by atoms with Crippen molar-refractivity contribution in [3.05, 3.63) is 41.2 Å². The van der Waals surface area contributed by atoms with Gasteiger partial charge in [-0.1, -0.05) is 23.7 Å². The zero-order valence-corrected chi connectivity index (χ0v) is 9.90. The molecule has 0 fully saturated rings. The zero-order valence-electron chi connectivity index (χ0n) is 8.33. The smallest absolute Gasteiger partial charge is 0.137 e. The molecule has 0 amide bonds. The van der Waals surface area contributed by atoms with Crippen LogP contribution in [-0.2, 0) is 5.75 Å². The molecule has 0 aliphatic heterocycles. The Morgan fingerprint density at radius 2 is 2.33 bits per heavy atom. The lowest BCUT2D eigenvalue weighted by atomic mass is 10.1. The molecule has 0 aliphatic rings. The summed E-state index contributed by atoms with van der Waals surface area (Å²) < 4.78 is 0. The minimum absolute atomic E-state index is 0.804. The van der Waals surface area contributed by atoms with Crippen molar-refractivity contribution in [2.75, 3.05) is 6.26 Å². The van der Waals surface area contributed by atoms with E-state index in [4.69, 9.17) is 11.6 Å². The Kier molecular flexibility index (Phi) is 3.34. The molecule has 0 spiro atoms. The lowest BCUT2D eigenvalue weighted by Gasteiger charge is -2.07. The molecule has 0 radical (unpaired) electrons. The Bertz CT molecular complexity index is 440. The van der Waals surface area contributed by atoms with E-state index in [-0.39, 0.29) is 0 Å². The molecule has 0 bridgehead atoms. The quantitative estimate of drug-likeness (QED) is 0.885. The summed E-state index contributed by atoms with van der Waals surface area (Å²) in [5.41, 5.74) is 2.23. The van der Waals surface area contributed by atoms with Gasteiger partial charge in [-0.25, -0.2) is 4.98 Å². The fraction of sp³-hybridized carbons (Fsp3) is 0.182. The van der Waals surface area contributed by atoms with E-state index in [0.717, 1.165) is 27.7 Å². The maximum absolute atomic E-state index is 6.17. The molecule has 1 aromatic carbocycles. The predicted octanol–water partition coefficient (Wildman–Crippen LogP) is 3.59. The Hall–Kier alpha value is -0.930. The molecule has 2 rings (SSSR count). The van der Waals surface area contributed by atoms with Crippen LogP contribution in [0.3, 0.4) is 0 Å². The normalized spacial score (nSPS) is 10.5. The van der Waals surface area contributed by atoms with Crippen molar-refractivity contribution < 1.29 is 0 Å². The van der Waals surface area contributed by atoms with E-state index in [0.29, 0.717) is 0 Å². The fourth-order valence-corrected chi connectivity index (χ4v) is 2.40. The first-order valence-corrected chi connectivity index (χ1v) is 6.36. The second-order valence-electron chi connectivity index (χ2n) is 3.14. The van der Waals surface area contributed by atoms with Gasteiger partial charge in [-0.05, 0) is 17.9 Å². The van der Waals surface area contributed by atoms with Gasteiger partial charge >= 0.3 is 0 Å². The van der Waals surface area contributed by atoms with Gasteiger partial charge in [-0.15, -0.1) is 0 Å². The minimum atomic E-state index is 0.804. The maximum atomic E-state index is 6.17. The third kappa shape index (κ3) is 2.19. The average molecular weight is 239 g/mol. The average Bonchev–Trinajstić information content (AvgIpc) is 2.74. The first kappa shape index (κ1) is 10.6. The van der Waals surface area contributed by atoms with Crippen molar-refractivity contribution in [1.82, 2.24) is 9.97 Å². The number of thioether (sulfide) groups is 1. The molecular weight excluding hydrogens is 228 g/mol. The van der Waals surface area contributed by atoms with Gasteiger partial charge in [0.15, 0.2) is 0 Å². The summed E-state index contributed by atoms with van der Waals surface area (Å²) in [7, 11) is 0. The summed E-state index contributed by atoms with van der Waals surface area (Å²) in [4.78, 5) is 7.35. The first-order chi connectivity index (χ1) is 7.33. The molecule has 4 heteroatoms. The van der Waals surface area contributed by atoms with Gasteiger partial charge < -0.3 is 4.98 Å². The molecule has 78 valence electrons. The first-order valence-electron chi connectivity index (χ1n) is 4.59. The minimum Gasteiger partial charge on any atom is -0.345 e. The maximum Gasteiger partial charge on any atom is 0.137 e. The van der Waals surface area contributed by atoms with E-state index in [2.05, 4.69) is 16.2 Å². The van der Waals surface area contributed by atoms with Gasteiger partial charge in [0.25, 0.3) is 0 Å². The fourth-order valence-electron chi connectivity index (χ4n) is 1.48. The largest absolute Gasteiger partial charge is 0.345 e. The van der Waals surface area contributed by atoms with Gasteiger partial charge in [0.1, 0.15) is 5.82 Å². The van der Waals surface area contributed by atoms with Crippen LogP contribution in [0.15, 0.2) is 30.6 Å². The molecule has 2 nitrogen and oxygen atoms in total. The SMILES string of the molecule is CSCc1c(Cl)cccc1-c1ncc[nH]1. The second kappa shape index (κ2) is 4.73. The zero-order chi connectivity index (χ0) is 10.7. The number of H-pyrrole nitrogens is 1. The van der Waals surface area contributed by atoms with Crippen molar-refractivity contribution in [3.8, 4) is 11.4 Å². The van der Waals surface area contributed by atoms with Crippen LogP contribution in [-0.4, -0.2) is 16.2 Å². The van der Waals surface area contributed by atoms with Crippen molar-refractivity contribution >= 4 is 23.4 Å². The standard InChI is InChI=1S/C11H11ClN2S/c1-15-7-9-8(3-2-4-10(9)12)11-13-5-6-14-11/h2-6H,7H2,1H3,(H,13,14). The summed E-state index contributed by atoms with van der Waals surface area (Å²) >= 11 is 7.92. The van der Waals surface area contributed by atoms with Gasteiger partial charge in [-0.3, -0.25) is 0 Å². The molecule has 1 heterocycles. The number of rotatable bonds is 3. The summed E-state index contributed by atoms with van der Waals surface area (Å²) in [5.74, 6) is 1.77. The number of hydrogen-bond acceptors (Lipinski definition) is 2. The molecule has 1 N–H and O–H groups in total. The molecular formula is C11H11ClN2S. The highest BCUT2D eigenvalue weighted by atomic mass is 35.5. The van der Waals surface area contributed by atoms with Crippen LogP contribution >= 0.6 is 23.4 Å². The van der Waals surface area contributed by atoms with Gasteiger partial charge in [-0.2, -0.15) is 11.8 Å². The number of nitrogens with one attached hydrogen (secondary N) is 1. The van der Waals surface area contributed by atoms with Gasteiger partial charge in [0.2, 0.25) is 0 Å². The second-order valence-corrected chi connectivity index (χ2v) is 4.41. The Morgan fingerprint density at radius 3 is 3.00 bits per heavy atom. The van der Waals surface area contributed by atoms with Crippen molar-refractivity contribution in [3.63, 3.8) is 0 Å². The summed E-state index contributed by atoms with van der Waals surface area (Å²) in [6, 6.07) is 5.90. The van der Waals surface area contributed by atoms with Crippen molar-refractivity contribution in [2.45, 2.75) is 5.75 Å². The number of nitrogens with zero attached hydrogens (tertiary/aromatic N) is 1. The Balaban J connectivity index is 2.51.